The van der Waals surface area contributed by atoms with E-state index in [0.717, 1.165) is 11.0 Å². The number of H-pyrrole nitrogens is 1. The number of hydrogen-bond donors (Lipinski definition) is 2. The van der Waals surface area contributed by atoms with Gasteiger partial charge in [0.1, 0.15) is 0 Å². The Balaban J connectivity index is 1.70. The third-order valence-electron chi connectivity index (χ3n) is 3.54. The van der Waals surface area contributed by atoms with Gasteiger partial charge in [-0.1, -0.05) is 18.2 Å². The number of carbonyl (C=O) groups excluding carboxylic acids is 1. The van der Waals surface area contributed by atoms with Crippen LogP contribution in [0.4, 0.5) is 14.7 Å². The zero-order valence-corrected chi connectivity index (χ0v) is 14.4. The van der Waals surface area contributed by atoms with Crippen molar-refractivity contribution in [2.45, 2.75) is 13.5 Å². The van der Waals surface area contributed by atoms with Gasteiger partial charge in [0, 0.05) is 6.08 Å². The molecule has 1 heterocycles. The number of para-hydroxylation sites is 2. The Morgan fingerprint density at radius 1 is 1.26 bits per heavy atom. The first-order chi connectivity index (χ1) is 13.0. The summed E-state index contributed by atoms with van der Waals surface area (Å²) in [6, 6.07) is 11.8. The Labute approximate surface area is 153 Å². The normalized spacial score (nSPS) is 11.3. The molecule has 1 amide bonds. The van der Waals surface area contributed by atoms with Gasteiger partial charge in [-0.2, -0.15) is 8.78 Å². The molecule has 27 heavy (non-hydrogen) atoms. The third kappa shape index (κ3) is 4.81. The number of imidazole rings is 1. The average Bonchev–Trinajstić information content (AvgIpc) is 3.04. The molecule has 0 unspecified atom stereocenters. The van der Waals surface area contributed by atoms with E-state index in [-0.39, 0.29) is 17.4 Å². The highest BCUT2D eigenvalue weighted by Gasteiger charge is 2.11. The van der Waals surface area contributed by atoms with Crippen molar-refractivity contribution in [1.29, 1.82) is 0 Å². The standard InChI is InChI=1S/C19H17F2N3O3/c1-2-26-16-11-12(7-9-15(16)27-18(20)21)8-10-17(25)24-19-22-13-5-3-4-6-14(13)23-19/h3-11,18H,2H2,1H3,(H2,22,23,24,25)/b10-8+. The Morgan fingerprint density at radius 3 is 2.81 bits per heavy atom. The molecule has 0 bridgehead atoms. The summed E-state index contributed by atoms with van der Waals surface area (Å²) in [5.74, 6) is 0.0647. The number of nitrogens with zero attached hydrogens (tertiary/aromatic N) is 1. The molecule has 0 aliphatic carbocycles. The molecule has 6 nitrogen and oxygen atoms in total. The van der Waals surface area contributed by atoms with E-state index in [1.165, 1.54) is 24.3 Å². The number of aromatic nitrogens is 2. The minimum absolute atomic E-state index is 0.0595. The zero-order chi connectivity index (χ0) is 19.2. The highest BCUT2D eigenvalue weighted by molar-refractivity contribution is 6.01. The second-order valence-corrected chi connectivity index (χ2v) is 5.44. The van der Waals surface area contributed by atoms with E-state index in [0.29, 0.717) is 18.1 Å². The molecule has 0 atom stereocenters. The number of amides is 1. The Bertz CT molecular complexity index is 937. The van der Waals surface area contributed by atoms with Crippen molar-refractivity contribution in [1.82, 2.24) is 9.97 Å². The van der Waals surface area contributed by atoms with Crippen LogP contribution in [0.15, 0.2) is 48.5 Å². The van der Waals surface area contributed by atoms with Crippen molar-refractivity contribution < 1.29 is 23.0 Å². The lowest BCUT2D eigenvalue weighted by atomic mass is 10.2. The molecular weight excluding hydrogens is 356 g/mol. The van der Waals surface area contributed by atoms with Gasteiger partial charge >= 0.3 is 6.61 Å². The number of alkyl halides is 2. The predicted molar refractivity (Wildman–Crippen MR) is 98.0 cm³/mol. The van der Waals surface area contributed by atoms with Crippen LogP contribution in [0.2, 0.25) is 0 Å². The molecule has 0 aliphatic rings. The SMILES string of the molecule is CCOc1cc(/C=C/C(=O)Nc2nc3ccccc3[nH]2)ccc1OC(F)F. The summed E-state index contributed by atoms with van der Waals surface area (Å²) in [6.45, 7) is -0.922. The number of hydrogen-bond acceptors (Lipinski definition) is 4. The number of ether oxygens (including phenoxy) is 2. The number of halogens is 2. The molecule has 0 fully saturated rings. The molecule has 0 radical (unpaired) electrons. The van der Waals surface area contributed by atoms with E-state index < -0.39 is 6.61 Å². The number of aromatic amines is 1. The van der Waals surface area contributed by atoms with Gasteiger partial charge in [0.25, 0.3) is 5.91 Å². The lowest BCUT2D eigenvalue weighted by molar-refractivity contribution is -0.111. The third-order valence-corrected chi connectivity index (χ3v) is 3.54. The first kappa shape index (κ1) is 18.4. The molecule has 0 saturated heterocycles. The summed E-state index contributed by atoms with van der Waals surface area (Å²) in [4.78, 5) is 19.3. The second-order valence-electron chi connectivity index (χ2n) is 5.44. The van der Waals surface area contributed by atoms with E-state index in [9.17, 15) is 13.6 Å². The van der Waals surface area contributed by atoms with Crippen molar-refractivity contribution in [3.05, 3.63) is 54.1 Å². The van der Waals surface area contributed by atoms with E-state index >= 15 is 0 Å². The number of rotatable bonds is 7. The van der Waals surface area contributed by atoms with E-state index in [2.05, 4.69) is 20.0 Å². The van der Waals surface area contributed by atoms with Gasteiger partial charge < -0.3 is 14.5 Å². The molecule has 8 heteroatoms. The molecule has 1 aromatic heterocycles. The van der Waals surface area contributed by atoms with Crippen molar-refractivity contribution in [3.63, 3.8) is 0 Å². The van der Waals surface area contributed by atoms with Gasteiger partial charge in [-0.3, -0.25) is 10.1 Å². The van der Waals surface area contributed by atoms with Gasteiger partial charge in [-0.15, -0.1) is 0 Å². The summed E-state index contributed by atoms with van der Waals surface area (Å²) >= 11 is 0. The smallest absolute Gasteiger partial charge is 0.387 e. The Morgan fingerprint density at radius 2 is 2.07 bits per heavy atom. The molecule has 3 rings (SSSR count). The van der Waals surface area contributed by atoms with Crippen molar-refractivity contribution in [3.8, 4) is 11.5 Å². The minimum Gasteiger partial charge on any atom is -0.490 e. The van der Waals surface area contributed by atoms with Crippen LogP contribution in [0.25, 0.3) is 17.1 Å². The highest BCUT2D eigenvalue weighted by Crippen LogP contribution is 2.30. The van der Waals surface area contributed by atoms with Crippen molar-refractivity contribution in [2.75, 3.05) is 11.9 Å². The van der Waals surface area contributed by atoms with Crippen LogP contribution in [-0.4, -0.2) is 29.1 Å². The fourth-order valence-corrected chi connectivity index (χ4v) is 2.43. The van der Waals surface area contributed by atoms with Gasteiger partial charge in [-0.25, -0.2) is 4.98 Å². The lowest BCUT2D eigenvalue weighted by Crippen LogP contribution is -2.09. The second kappa shape index (κ2) is 8.31. The van der Waals surface area contributed by atoms with Crippen LogP contribution >= 0.6 is 0 Å². The van der Waals surface area contributed by atoms with Gasteiger partial charge in [0.15, 0.2) is 11.5 Å². The summed E-state index contributed by atoms with van der Waals surface area (Å²) < 4.78 is 34.6. The van der Waals surface area contributed by atoms with Gasteiger partial charge in [0.2, 0.25) is 5.95 Å². The van der Waals surface area contributed by atoms with Crippen molar-refractivity contribution >= 4 is 29.0 Å². The summed E-state index contributed by atoms with van der Waals surface area (Å²) in [5.41, 5.74) is 2.15. The first-order valence-corrected chi connectivity index (χ1v) is 8.20. The van der Waals surface area contributed by atoms with Crippen LogP contribution in [0, 0.1) is 0 Å². The number of nitrogens with one attached hydrogen (secondary N) is 2. The number of anilines is 1. The summed E-state index contributed by atoms with van der Waals surface area (Å²) in [7, 11) is 0. The molecule has 0 saturated carbocycles. The number of carbonyl (C=O) groups is 1. The quantitative estimate of drug-likeness (QED) is 0.608. The van der Waals surface area contributed by atoms with Crippen LogP contribution in [0.3, 0.4) is 0 Å². The summed E-state index contributed by atoms with van der Waals surface area (Å²) in [5, 5.41) is 2.63. The molecule has 2 aromatic carbocycles. The van der Waals surface area contributed by atoms with Crippen molar-refractivity contribution in [2.24, 2.45) is 0 Å². The van der Waals surface area contributed by atoms with E-state index in [1.54, 1.807) is 13.0 Å². The Kier molecular flexibility index (Phi) is 5.65. The highest BCUT2D eigenvalue weighted by atomic mass is 19.3. The van der Waals surface area contributed by atoms with Crippen LogP contribution in [0.5, 0.6) is 11.5 Å². The first-order valence-electron chi connectivity index (χ1n) is 8.20. The van der Waals surface area contributed by atoms with E-state index in [4.69, 9.17) is 4.74 Å². The summed E-state index contributed by atoms with van der Waals surface area (Å²) in [6.07, 6.45) is 2.85. The lowest BCUT2D eigenvalue weighted by Gasteiger charge is -2.11. The molecule has 2 N–H and O–H groups in total. The van der Waals surface area contributed by atoms with Gasteiger partial charge in [-0.05, 0) is 42.8 Å². The maximum atomic E-state index is 12.4. The van der Waals surface area contributed by atoms with Crippen LogP contribution in [0.1, 0.15) is 12.5 Å². The fourth-order valence-electron chi connectivity index (χ4n) is 2.43. The molecule has 0 spiro atoms. The molecule has 0 aliphatic heterocycles. The fraction of sp³-hybridized carbons (Fsp3) is 0.158. The molecule has 3 aromatic rings. The van der Waals surface area contributed by atoms with Gasteiger partial charge in [0.05, 0.1) is 17.6 Å². The molecule has 140 valence electrons. The maximum Gasteiger partial charge on any atom is 0.387 e. The number of fused-ring (bicyclic) bond motifs is 1. The Hall–Kier alpha value is -3.42. The zero-order valence-electron chi connectivity index (χ0n) is 14.4. The predicted octanol–water partition coefficient (Wildman–Crippen LogP) is 4.21. The average molecular weight is 373 g/mol. The maximum absolute atomic E-state index is 12.4. The minimum atomic E-state index is -2.94. The molecular formula is C19H17F2N3O3. The van der Waals surface area contributed by atoms with Crippen LogP contribution < -0.4 is 14.8 Å². The van der Waals surface area contributed by atoms with E-state index in [1.807, 2.05) is 24.3 Å². The monoisotopic (exact) mass is 373 g/mol. The van der Waals surface area contributed by atoms with Crippen LogP contribution in [-0.2, 0) is 4.79 Å². The number of benzene rings is 2. The topological polar surface area (TPSA) is 76.2 Å². The largest absolute Gasteiger partial charge is 0.490 e.